The van der Waals surface area contributed by atoms with E-state index in [1.807, 2.05) is 30.3 Å². The number of hydrogen-bond acceptors (Lipinski definition) is 5. The molecule has 7 nitrogen and oxygen atoms in total. The van der Waals surface area contributed by atoms with Crippen LogP contribution < -0.4 is 5.73 Å². The molecule has 1 unspecified atom stereocenters. The van der Waals surface area contributed by atoms with Gasteiger partial charge in [0.1, 0.15) is 12.1 Å². The van der Waals surface area contributed by atoms with Crippen LogP contribution in [0.3, 0.4) is 0 Å². The van der Waals surface area contributed by atoms with Gasteiger partial charge in [-0.15, -0.1) is 0 Å². The number of amides is 1. The largest absolute Gasteiger partial charge is 0.434 e. The van der Waals surface area contributed by atoms with E-state index in [-0.39, 0.29) is 6.42 Å². The molecule has 1 aromatic carbocycles. The molecule has 3 atom stereocenters. The molecule has 32 heavy (non-hydrogen) atoms. The summed E-state index contributed by atoms with van der Waals surface area (Å²) in [6, 6.07) is 9.52. The number of carbonyl (C=O) groups excluding carboxylic acids is 2. The summed E-state index contributed by atoms with van der Waals surface area (Å²) in [4.78, 5) is 26.5. The molecule has 0 spiro atoms. The Kier molecular flexibility index (Phi) is 9.96. The molecule has 4 rings (SSSR count). The maximum Gasteiger partial charge on any atom is 0.331 e. The standard InChI is InChI=1S/C19H25NO5.C6H13N/c21-16(13-14-7-2-1-3-8-14)18(22)20-11-6-9-15(20)19(23)25-17-10-4-5-12-24-17;7-6-4-2-1-3-5-6/h1-3,7-8,15-17,21H,4-6,9-13H2;6H,1-5,7H2/p+1/t15-,16+,17?;/m0./s1. The van der Waals surface area contributed by atoms with Crippen molar-refractivity contribution in [2.24, 2.45) is 0 Å². The first-order chi connectivity index (χ1) is 15.5. The molecule has 2 heterocycles. The van der Waals surface area contributed by atoms with Gasteiger partial charge in [0.2, 0.25) is 6.29 Å². The minimum absolute atomic E-state index is 0.240. The van der Waals surface area contributed by atoms with Crippen LogP contribution in [-0.4, -0.2) is 59.5 Å². The number of rotatable bonds is 5. The van der Waals surface area contributed by atoms with Crippen LogP contribution in [0.2, 0.25) is 0 Å². The van der Waals surface area contributed by atoms with Crippen LogP contribution in [0, 0.1) is 0 Å². The number of likely N-dealkylation sites (tertiary alicyclic amines) is 1. The third kappa shape index (κ3) is 7.57. The van der Waals surface area contributed by atoms with Gasteiger partial charge in [-0.1, -0.05) is 36.8 Å². The molecule has 2 saturated heterocycles. The summed E-state index contributed by atoms with van der Waals surface area (Å²) >= 11 is 0. The second-order valence-corrected chi connectivity index (χ2v) is 9.13. The Morgan fingerprint density at radius 1 is 1.03 bits per heavy atom. The number of esters is 1. The van der Waals surface area contributed by atoms with Crippen molar-refractivity contribution in [1.82, 2.24) is 4.90 Å². The number of benzene rings is 1. The number of aliphatic hydroxyl groups excluding tert-OH is 1. The molecule has 0 bridgehead atoms. The summed E-state index contributed by atoms with van der Waals surface area (Å²) in [7, 11) is 0. The summed E-state index contributed by atoms with van der Waals surface area (Å²) in [6.45, 7) is 1.07. The lowest BCUT2D eigenvalue weighted by Crippen LogP contribution is -2.61. The Hall–Kier alpha value is -1.96. The van der Waals surface area contributed by atoms with E-state index < -0.39 is 30.3 Å². The summed E-state index contributed by atoms with van der Waals surface area (Å²) in [5, 5.41) is 10.3. The Morgan fingerprint density at radius 2 is 1.75 bits per heavy atom. The molecular weight excluding hydrogens is 408 g/mol. The highest BCUT2D eigenvalue weighted by Gasteiger charge is 2.38. The van der Waals surface area contributed by atoms with Gasteiger partial charge in [-0.05, 0) is 56.9 Å². The quantitative estimate of drug-likeness (QED) is 0.674. The second-order valence-electron chi connectivity index (χ2n) is 9.13. The van der Waals surface area contributed by atoms with Crippen LogP contribution in [0.15, 0.2) is 30.3 Å². The van der Waals surface area contributed by atoms with Crippen LogP contribution in [-0.2, 0) is 25.5 Å². The fraction of sp³-hybridized carbons (Fsp3) is 0.680. The van der Waals surface area contributed by atoms with E-state index >= 15 is 0 Å². The molecule has 3 aliphatic rings. The van der Waals surface area contributed by atoms with Crippen molar-refractivity contribution in [1.29, 1.82) is 0 Å². The van der Waals surface area contributed by atoms with Gasteiger partial charge in [0.05, 0.1) is 12.6 Å². The van der Waals surface area contributed by atoms with Crippen LogP contribution in [0.4, 0.5) is 0 Å². The first kappa shape index (κ1) is 24.7. The van der Waals surface area contributed by atoms with Gasteiger partial charge in [0.25, 0.3) is 5.91 Å². The molecule has 1 aliphatic carbocycles. The zero-order valence-electron chi connectivity index (χ0n) is 19.1. The molecule has 7 heteroatoms. The Balaban J connectivity index is 0.000000352. The van der Waals surface area contributed by atoms with Gasteiger partial charge in [0, 0.05) is 19.4 Å². The van der Waals surface area contributed by atoms with Gasteiger partial charge < -0.3 is 25.2 Å². The lowest BCUT2D eigenvalue weighted by molar-refractivity contribution is -0.425. The average molecular weight is 448 g/mol. The van der Waals surface area contributed by atoms with Crippen LogP contribution in [0.1, 0.15) is 69.8 Å². The smallest absolute Gasteiger partial charge is 0.331 e. The Morgan fingerprint density at radius 3 is 2.38 bits per heavy atom. The summed E-state index contributed by atoms with van der Waals surface area (Å²) in [5.74, 6) is -0.836. The number of hydrogen-bond donors (Lipinski definition) is 2. The maximum atomic E-state index is 12.6. The number of carbonyl (C=O) groups is 2. The fourth-order valence-corrected chi connectivity index (χ4v) is 4.59. The Labute approximate surface area is 191 Å². The number of aliphatic hydroxyl groups is 1. The minimum atomic E-state index is -1.15. The van der Waals surface area contributed by atoms with Gasteiger partial charge in [-0.2, -0.15) is 0 Å². The van der Waals surface area contributed by atoms with Gasteiger partial charge in [0.15, 0.2) is 0 Å². The van der Waals surface area contributed by atoms with Gasteiger partial charge in [-0.3, -0.25) is 4.79 Å². The second kappa shape index (κ2) is 12.9. The molecule has 1 amide bonds. The summed E-state index contributed by atoms with van der Waals surface area (Å²) in [6.07, 6.45) is 9.58. The minimum Gasteiger partial charge on any atom is -0.434 e. The first-order valence-electron chi connectivity index (χ1n) is 12.2. The van der Waals surface area contributed by atoms with E-state index in [4.69, 9.17) is 9.47 Å². The molecule has 0 radical (unpaired) electrons. The third-order valence-electron chi connectivity index (χ3n) is 6.48. The van der Waals surface area contributed by atoms with Crippen LogP contribution in [0.25, 0.3) is 0 Å². The molecule has 4 N–H and O–H groups in total. The number of ether oxygens (including phenoxy) is 2. The molecule has 0 aromatic heterocycles. The SMILES string of the molecule is O=C(OC1CCCCO1)[C@@H]1CCCN1C(=O)[C@H](O)Cc1ccccc1.[NH3+]C1CCCCC1. The van der Waals surface area contributed by atoms with Crippen LogP contribution in [0.5, 0.6) is 0 Å². The predicted octanol–water partition coefficient (Wildman–Crippen LogP) is 2.21. The van der Waals surface area contributed by atoms with E-state index in [9.17, 15) is 14.7 Å². The molecule has 1 saturated carbocycles. The van der Waals surface area contributed by atoms with E-state index in [1.54, 1.807) is 0 Å². The van der Waals surface area contributed by atoms with E-state index in [0.29, 0.717) is 26.0 Å². The van der Waals surface area contributed by atoms with Crippen molar-refractivity contribution >= 4 is 11.9 Å². The van der Waals surface area contributed by atoms with E-state index in [2.05, 4.69) is 5.73 Å². The highest BCUT2D eigenvalue weighted by atomic mass is 16.7. The third-order valence-corrected chi connectivity index (χ3v) is 6.48. The summed E-state index contributed by atoms with van der Waals surface area (Å²) < 4.78 is 10.9. The molecule has 3 fully saturated rings. The highest BCUT2D eigenvalue weighted by Crippen LogP contribution is 2.23. The van der Waals surface area contributed by atoms with Crippen LogP contribution >= 0.6 is 0 Å². The lowest BCUT2D eigenvalue weighted by atomic mass is 9.97. The lowest BCUT2D eigenvalue weighted by Gasteiger charge is -2.28. The van der Waals surface area contributed by atoms with Crippen molar-refractivity contribution < 1.29 is 29.9 Å². The van der Waals surface area contributed by atoms with Crippen molar-refractivity contribution in [3.05, 3.63) is 35.9 Å². The molecule has 178 valence electrons. The normalized spacial score (nSPS) is 24.9. The van der Waals surface area contributed by atoms with Gasteiger partial charge >= 0.3 is 5.97 Å². The molecule has 1 aromatic rings. The Bertz CT molecular complexity index is 702. The van der Waals surface area contributed by atoms with Crippen molar-refractivity contribution in [3.8, 4) is 0 Å². The zero-order chi connectivity index (χ0) is 22.8. The predicted molar refractivity (Wildman–Crippen MR) is 120 cm³/mol. The van der Waals surface area contributed by atoms with Crippen molar-refractivity contribution in [3.63, 3.8) is 0 Å². The first-order valence-corrected chi connectivity index (χ1v) is 12.2. The maximum absolute atomic E-state index is 12.6. The van der Waals surface area contributed by atoms with Crippen molar-refractivity contribution in [2.75, 3.05) is 13.2 Å². The number of nitrogens with zero attached hydrogens (tertiary/aromatic N) is 1. The average Bonchev–Trinajstić information content (AvgIpc) is 3.31. The van der Waals surface area contributed by atoms with Crippen molar-refractivity contribution in [2.45, 2.75) is 95.1 Å². The zero-order valence-corrected chi connectivity index (χ0v) is 19.1. The molecule has 2 aliphatic heterocycles. The monoisotopic (exact) mass is 447 g/mol. The summed E-state index contributed by atoms with van der Waals surface area (Å²) in [5.41, 5.74) is 4.88. The fourth-order valence-electron chi connectivity index (χ4n) is 4.59. The molecular formula is C25H39N2O5+. The highest BCUT2D eigenvalue weighted by molar-refractivity contribution is 5.87. The van der Waals surface area contributed by atoms with E-state index in [1.165, 1.54) is 37.0 Å². The van der Waals surface area contributed by atoms with Gasteiger partial charge in [-0.25, -0.2) is 4.79 Å². The van der Waals surface area contributed by atoms with E-state index in [0.717, 1.165) is 30.9 Å². The topological polar surface area (TPSA) is 104 Å². The number of quaternary nitrogens is 1.